The molecular formula is C87H118ClN5O11Si2. The van der Waals surface area contributed by atoms with Crippen molar-refractivity contribution in [3.8, 4) is 33.4 Å². The lowest BCUT2D eigenvalue weighted by Crippen LogP contribution is -2.41. The average molecular weight is 1500 g/mol. The molecule has 19 heteroatoms. The first-order chi connectivity index (χ1) is 49.9. The smallest absolute Gasteiger partial charge is 0.307 e. The molecule has 0 aliphatic carbocycles. The predicted molar refractivity (Wildman–Crippen MR) is 441 cm³/mol. The van der Waals surface area contributed by atoms with Gasteiger partial charge >= 0.3 is 11.9 Å². The number of carbonyl (C=O) groups excluding carboxylic acids is 3. The highest BCUT2D eigenvalue weighted by Gasteiger charge is 2.37. The normalized spacial score (nSPS) is 12.1. The maximum Gasteiger partial charge on any atom is 0.307 e. The Morgan fingerprint density at radius 1 is 0.491 bits per heavy atom. The number of hydrogen-bond acceptors (Lipinski definition) is 13. The minimum Gasteiger partial charge on any atom is -0.481 e. The molecule has 6 aromatic carbocycles. The Balaban J connectivity index is 0.000000292. The van der Waals surface area contributed by atoms with Gasteiger partial charge in [0.05, 0.1) is 29.4 Å². The van der Waals surface area contributed by atoms with Crippen molar-refractivity contribution >= 4 is 89.0 Å². The van der Waals surface area contributed by atoms with E-state index in [1.54, 1.807) is 12.4 Å². The number of nitrogens with two attached hydrogens (primary N) is 1. The zero-order valence-corrected chi connectivity index (χ0v) is 66.8. The third kappa shape index (κ3) is 27.9. The molecule has 1 fully saturated rings. The Morgan fingerprint density at radius 3 is 1.13 bits per heavy atom. The van der Waals surface area contributed by atoms with Gasteiger partial charge in [-0.05, 0) is 129 Å². The number of carboxylic acids is 2. The standard InChI is InChI=1S/C26H31NO2.C25H31NO3Si.C19H17NO3.C6H15ClSi.C6H15N.C4H5NO3.CH4/c1-2-3-4-5-9-14-23(29)18-22-19-27-26-21(16-17-28)13-10-15-24(26)25(22)20-11-7-6-8-12-20;1-25(2,3)30(4,5)29-15-14-19-12-9-13-21-23(18-10-7-6-8-11-18)20(16-22(27)28)17-26-24(19)21;21-10-9-14-7-4-8-16-18(13-5-2-1-3-6-13)15(11-17(22)23)12-20-19(14)16;1-6(2,3)8(4,5)7;1-2-3-4-5-6-7;6-3-1-2-4(7)5(3)8;/h6-8,10-13,15,19,28H,2-5,9,14,16-18H2,1H3;6-13,17H,14-16H2,1-5H3,(H,27,28);1-8,12,21H,9-11H2,(H,22,23);1-5H3;2-7H2,1H3;8H,1-2H2;1H4. The van der Waals surface area contributed by atoms with Crippen LogP contribution in [0.1, 0.15) is 173 Å². The summed E-state index contributed by atoms with van der Waals surface area (Å²) in [5.74, 6) is -2.46. The van der Waals surface area contributed by atoms with E-state index in [-0.39, 0.29) is 62.2 Å². The lowest BCUT2D eigenvalue weighted by Gasteiger charge is -2.36. The number of rotatable bonds is 27. The Kier molecular flexibility index (Phi) is 38.2. The van der Waals surface area contributed by atoms with Gasteiger partial charge in [0.15, 0.2) is 15.7 Å². The van der Waals surface area contributed by atoms with Crippen molar-refractivity contribution in [2.24, 2.45) is 5.73 Å². The van der Waals surface area contributed by atoms with Crippen LogP contribution in [0, 0.1) is 0 Å². The van der Waals surface area contributed by atoms with Crippen LogP contribution in [-0.2, 0) is 66.9 Å². The highest BCUT2D eigenvalue weighted by molar-refractivity contribution is 7.20. The number of pyridine rings is 3. The van der Waals surface area contributed by atoms with Crippen LogP contribution in [0.2, 0.25) is 36.3 Å². The fraction of sp³-hybridized carbons (Fsp3) is 0.425. The number of carbonyl (C=O) groups is 5. The first-order valence-corrected chi connectivity index (χ1v) is 43.9. The number of Topliss-reactive ketones (excluding diaryl/α,β-unsaturated/α-hetero) is 1. The molecule has 572 valence electrons. The number of imide groups is 1. The average Bonchev–Trinajstić information content (AvgIpc) is 0.921. The Bertz CT molecular complexity index is 4190. The summed E-state index contributed by atoms with van der Waals surface area (Å²) in [5, 5.41) is 49.3. The fourth-order valence-electron chi connectivity index (χ4n) is 11.4. The number of unbranched alkanes of at least 4 members (excludes halogenated alkanes) is 7. The van der Waals surface area contributed by atoms with Gasteiger partial charge in [-0.15, -0.1) is 0 Å². The molecule has 1 aliphatic rings. The minimum absolute atomic E-state index is 0. The molecule has 0 bridgehead atoms. The number of halogens is 1. The zero-order chi connectivity index (χ0) is 77.3. The van der Waals surface area contributed by atoms with E-state index >= 15 is 0 Å². The number of fused-ring (bicyclic) bond motifs is 3. The van der Waals surface area contributed by atoms with E-state index in [0.717, 1.165) is 120 Å². The van der Waals surface area contributed by atoms with Crippen LogP contribution < -0.4 is 5.73 Å². The molecular weight excluding hydrogens is 1380 g/mol. The number of hydroxylamine groups is 2. The summed E-state index contributed by atoms with van der Waals surface area (Å²) >= 11 is 6.15. The van der Waals surface area contributed by atoms with Crippen molar-refractivity contribution in [1.82, 2.24) is 20.0 Å². The van der Waals surface area contributed by atoms with Gasteiger partial charge in [0, 0.05) is 80.3 Å². The Hall–Kier alpha value is -8.18. The molecule has 0 saturated carbocycles. The van der Waals surface area contributed by atoms with Crippen LogP contribution in [-0.4, -0.2) is 117 Å². The third-order valence-electron chi connectivity index (χ3n) is 19.3. The molecule has 2 amide bonds. The van der Waals surface area contributed by atoms with Crippen molar-refractivity contribution < 1.29 is 54.0 Å². The summed E-state index contributed by atoms with van der Waals surface area (Å²) in [4.78, 5) is 69.6. The summed E-state index contributed by atoms with van der Waals surface area (Å²) in [6.07, 6.45) is 19.3. The van der Waals surface area contributed by atoms with E-state index in [1.165, 1.54) is 44.9 Å². The Labute approximate surface area is 637 Å². The summed E-state index contributed by atoms with van der Waals surface area (Å²) in [6.45, 7) is 28.3. The monoisotopic (exact) mass is 1500 g/mol. The van der Waals surface area contributed by atoms with Crippen LogP contribution in [0.5, 0.6) is 0 Å². The summed E-state index contributed by atoms with van der Waals surface area (Å²) in [5.41, 5.74) is 19.5. The molecule has 10 rings (SSSR count). The van der Waals surface area contributed by atoms with Crippen LogP contribution in [0.4, 0.5) is 0 Å². The van der Waals surface area contributed by atoms with Crippen LogP contribution >= 0.6 is 11.1 Å². The number of ketones is 1. The molecule has 0 atom stereocenters. The third-order valence-corrected chi connectivity index (χ3v) is 29.1. The number of hydrogen-bond donors (Lipinski definition) is 6. The number of amides is 2. The van der Waals surface area contributed by atoms with Gasteiger partial charge in [0.2, 0.25) is 0 Å². The molecule has 4 heterocycles. The van der Waals surface area contributed by atoms with Crippen molar-refractivity contribution in [2.45, 2.75) is 215 Å². The zero-order valence-electron chi connectivity index (χ0n) is 64.1. The number of nitrogens with zero attached hydrogens (tertiary/aromatic N) is 4. The second-order valence-electron chi connectivity index (χ2n) is 29.5. The largest absolute Gasteiger partial charge is 0.481 e. The first kappa shape index (κ1) is 90.2. The molecule has 16 nitrogen and oxygen atoms in total. The molecule has 9 aromatic rings. The van der Waals surface area contributed by atoms with E-state index in [1.807, 2.05) is 128 Å². The molecule has 1 saturated heterocycles. The molecule has 0 radical (unpaired) electrons. The topological polar surface area (TPSA) is 264 Å². The van der Waals surface area contributed by atoms with Gasteiger partial charge < -0.3 is 30.6 Å². The summed E-state index contributed by atoms with van der Waals surface area (Å²) in [6, 6.07) is 48.0. The second kappa shape index (κ2) is 44.8. The number of aliphatic carboxylic acids is 2. The highest BCUT2D eigenvalue weighted by atomic mass is 35.6. The number of para-hydroxylation sites is 3. The van der Waals surface area contributed by atoms with Gasteiger partial charge in [-0.3, -0.25) is 44.1 Å². The van der Waals surface area contributed by atoms with E-state index < -0.39 is 39.5 Å². The van der Waals surface area contributed by atoms with Crippen molar-refractivity contribution in [3.63, 3.8) is 0 Å². The number of carboxylic acid groups (broad SMARTS) is 2. The van der Waals surface area contributed by atoms with Crippen LogP contribution in [0.15, 0.2) is 164 Å². The van der Waals surface area contributed by atoms with E-state index in [9.17, 15) is 44.4 Å². The van der Waals surface area contributed by atoms with Gasteiger partial charge in [-0.1, -0.05) is 266 Å². The molecule has 7 N–H and O–H groups in total. The van der Waals surface area contributed by atoms with E-state index in [0.29, 0.717) is 42.9 Å². The fourth-order valence-corrected chi connectivity index (χ4v) is 12.4. The lowest BCUT2D eigenvalue weighted by atomic mass is 9.91. The first-order valence-electron chi connectivity index (χ1n) is 37.0. The van der Waals surface area contributed by atoms with Crippen LogP contribution in [0.3, 0.4) is 0 Å². The van der Waals surface area contributed by atoms with Gasteiger partial charge in [-0.2, -0.15) is 16.1 Å². The second-order valence-corrected chi connectivity index (χ2v) is 41.6. The van der Waals surface area contributed by atoms with Gasteiger partial charge in [0.1, 0.15) is 5.78 Å². The SMILES string of the molecule is C.CC(C)(C)[Si](C)(C)Cl.CC(C)(C)[Si](C)(C)OCCc1cccc2c(-c3ccccc3)c(CC(=O)O)cnc12.CCCCCCCC(=O)Cc1cnc2c(CCO)cccc2c1-c1ccccc1.CCCCCCN.O=C(O)Cc1cnc2c(CCO)cccc2c1-c1ccccc1.O=C1CCC(=O)N1O. The lowest BCUT2D eigenvalue weighted by molar-refractivity contribution is -0.171. The predicted octanol–water partition coefficient (Wildman–Crippen LogP) is 20.0. The number of aliphatic hydroxyl groups is 2. The maximum absolute atomic E-state index is 12.7. The number of aliphatic hydroxyl groups excluding tert-OH is 2. The van der Waals surface area contributed by atoms with Crippen molar-refractivity contribution in [1.29, 1.82) is 0 Å². The number of benzene rings is 6. The molecule has 106 heavy (non-hydrogen) atoms. The van der Waals surface area contributed by atoms with Gasteiger partial charge in [0.25, 0.3) is 11.8 Å². The molecule has 0 spiro atoms. The molecule has 3 aromatic heterocycles. The van der Waals surface area contributed by atoms with Crippen LogP contribution in [0.25, 0.3) is 66.1 Å². The summed E-state index contributed by atoms with van der Waals surface area (Å²) < 4.78 is 6.37. The maximum atomic E-state index is 12.7. The Morgan fingerprint density at radius 2 is 0.830 bits per heavy atom. The van der Waals surface area contributed by atoms with Crippen molar-refractivity contribution in [2.75, 3.05) is 26.4 Å². The van der Waals surface area contributed by atoms with E-state index in [4.69, 9.17) is 31.4 Å². The van der Waals surface area contributed by atoms with E-state index in [2.05, 4.69) is 116 Å². The molecule has 0 unspecified atom stereocenters. The molecule has 1 aliphatic heterocycles. The van der Waals surface area contributed by atoms with Gasteiger partial charge in [-0.25, -0.2) is 0 Å². The summed E-state index contributed by atoms with van der Waals surface area (Å²) in [7, 11) is -3.19. The quantitative estimate of drug-likeness (QED) is 0.00919. The highest BCUT2D eigenvalue weighted by Crippen LogP contribution is 2.40. The van der Waals surface area contributed by atoms with Crippen molar-refractivity contribution in [3.05, 3.63) is 198 Å². The minimum atomic E-state index is -1.80. The number of aromatic nitrogens is 3.